The number of fused-ring (bicyclic) bond motifs is 1. The first-order valence-electron chi connectivity index (χ1n) is 7.41. The predicted octanol–water partition coefficient (Wildman–Crippen LogP) is 3.32. The third-order valence-corrected chi connectivity index (χ3v) is 4.67. The summed E-state index contributed by atoms with van der Waals surface area (Å²) in [6.07, 6.45) is 6.89. The van der Waals surface area contributed by atoms with Crippen molar-refractivity contribution in [2.75, 3.05) is 18.0 Å². The van der Waals surface area contributed by atoms with Gasteiger partial charge in [0.25, 0.3) is 0 Å². The molecule has 2 aliphatic rings. The van der Waals surface area contributed by atoms with E-state index in [9.17, 15) is 0 Å². The zero-order chi connectivity index (χ0) is 12.4. The number of benzene rings is 1. The quantitative estimate of drug-likeness (QED) is 0.815. The smallest absolute Gasteiger partial charge is 0.0412 e. The minimum atomic E-state index is 0.368. The summed E-state index contributed by atoms with van der Waals surface area (Å²) in [5.41, 5.74) is 3.27. The van der Waals surface area contributed by atoms with Crippen LogP contribution in [0.5, 0.6) is 0 Å². The maximum absolute atomic E-state index is 3.88. The second-order valence-corrected chi connectivity index (χ2v) is 5.84. The molecule has 1 aromatic carbocycles. The molecule has 1 aliphatic carbocycles. The van der Waals surface area contributed by atoms with E-state index in [0.29, 0.717) is 5.54 Å². The van der Waals surface area contributed by atoms with Gasteiger partial charge in [-0.1, -0.05) is 37.5 Å². The van der Waals surface area contributed by atoms with Crippen molar-refractivity contribution in [1.82, 2.24) is 5.32 Å². The summed E-state index contributed by atoms with van der Waals surface area (Å²) in [5, 5.41) is 3.88. The lowest BCUT2D eigenvalue weighted by atomic mass is 9.81. The van der Waals surface area contributed by atoms with Crippen molar-refractivity contribution in [2.24, 2.45) is 0 Å². The zero-order valence-corrected chi connectivity index (χ0v) is 11.4. The fraction of sp³-hybridized carbons (Fsp3) is 0.625. The van der Waals surface area contributed by atoms with Crippen LogP contribution >= 0.6 is 0 Å². The fourth-order valence-corrected chi connectivity index (χ4v) is 3.60. The predicted molar refractivity (Wildman–Crippen MR) is 77.0 cm³/mol. The van der Waals surface area contributed by atoms with Crippen LogP contribution in [0.2, 0.25) is 0 Å². The average Bonchev–Trinajstić information content (AvgIpc) is 2.58. The normalized spacial score (nSPS) is 22.6. The molecule has 0 aromatic heterocycles. The van der Waals surface area contributed by atoms with Crippen LogP contribution in [0.1, 0.15) is 44.6 Å². The van der Waals surface area contributed by atoms with Crippen LogP contribution in [-0.4, -0.2) is 18.6 Å². The topological polar surface area (TPSA) is 15.3 Å². The minimum Gasteiger partial charge on any atom is -0.370 e. The van der Waals surface area contributed by atoms with Gasteiger partial charge >= 0.3 is 0 Å². The Morgan fingerprint density at radius 1 is 1.17 bits per heavy atom. The molecule has 2 nitrogen and oxygen atoms in total. The molecule has 1 aliphatic heterocycles. The largest absolute Gasteiger partial charge is 0.370 e. The molecule has 0 unspecified atom stereocenters. The molecule has 1 aromatic rings. The highest BCUT2D eigenvalue weighted by atomic mass is 15.2. The first-order valence-corrected chi connectivity index (χ1v) is 7.41. The summed E-state index contributed by atoms with van der Waals surface area (Å²) >= 11 is 0. The second kappa shape index (κ2) is 4.93. The van der Waals surface area contributed by atoms with Crippen LogP contribution in [0.25, 0.3) is 0 Å². The summed E-state index contributed by atoms with van der Waals surface area (Å²) in [4.78, 5) is 2.57. The number of nitrogens with zero attached hydrogens (tertiary/aromatic N) is 1. The Labute approximate surface area is 110 Å². The lowest BCUT2D eigenvalue weighted by Gasteiger charge is -2.40. The highest BCUT2D eigenvalue weighted by Crippen LogP contribution is 2.34. The van der Waals surface area contributed by atoms with Crippen molar-refractivity contribution in [2.45, 2.75) is 51.1 Å². The van der Waals surface area contributed by atoms with Crippen LogP contribution in [-0.2, 0) is 6.54 Å². The molecule has 18 heavy (non-hydrogen) atoms. The van der Waals surface area contributed by atoms with Gasteiger partial charge in [0.05, 0.1) is 0 Å². The van der Waals surface area contributed by atoms with E-state index in [1.165, 1.54) is 49.9 Å². The highest BCUT2D eigenvalue weighted by Gasteiger charge is 2.35. The van der Waals surface area contributed by atoms with Crippen LogP contribution < -0.4 is 10.2 Å². The number of anilines is 1. The summed E-state index contributed by atoms with van der Waals surface area (Å²) in [7, 11) is 0. The average molecular weight is 244 g/mol. The van der Waals surface area contributed by atoms with Gasteiger partial charge in [-0.2, -0.15) is 0 Å². The molecule has 0 radical (unpaired) electrons. The lowest BCUT2D eigenvalue weighted by molar-refractivity contribution is 0.237. The second-order valence-electron chi connectivity index (χ2n) is 5.84. The number of para-hydroxylation sites is 1. The maximum atomic E-state index is 3.88. The van der Waals surface area contributed by atoms with E-state index < -0.39 is 0 Å². The Morgan fingerprint density at radius 3 is 2.72 bits per heavy atom. The van der Waals surface area contributed by atoms with Gasteiger partial charge in [0.1, 0.15) is 0 Å². The molecule has 1 N–H and O–H groups in total. The Bertz CT molecular complexity index is 407. The van der Waals surface area contributed by atoms with Gasteiger partial charge in [0.2, 0.25) is 0 Å². The molecule has 1 fully saturated rings. The van der Waals surface area contributed by atoms with Crippen molar-refractivity contribution in [3.63, 3.8) is 0 Å². The molecule has 98 valence electrons. The summed E-state index contributed by atoms with van der Waals surface area (Å²) in [6.45, 7) is 5.60. The Kier molecular flexibility index (Phi) is 3.29. The standard InChI is InChI=1S/C16H24N2/c1-2-18-13-16(10-6-3-7-11-16)17-12-14-8-4-5-9-15(14)18/h4-5,8-9,17H,2-3,6-7,10-13H2,1H3. The van der Waals surface area contributed by atoms with Crippen molar-refractivity contribution >= 4 is 5.69 Å². The van der Waals surface area contributed by atoms with Gasteiger partial charge in [-0.25, -0.2) is 0 Å². The maximum Gasteiger partial charge on any atom is 0.0412 e. The zero-order valence-electron chi connectivity index (χ0n) is 11.4. The molecule has 1 spiro atoms. The van der Waals surface area contributed by atoms with Crippen molar-refractivity contribution < 1.29 is 0 Å². The monoisotopic (exact) mass is 244 g/mol. The fourth-order valence-electron chi connectivity index (χ4n) is 3.60. The first kappa shape index (κ1) is 12.0. The molecule has 0 bridgehead atoms. The lowest BCUT2D eigenvalue weighted by Crippen LogP contribution is -2.52. The number of hydrogen-bond acceptors (Lipinski definition) is 2. The van der Waals surface area contributed by atoms with Gasteiger partial charge in [0, 0.05) is 30.9 Å². The van der Waals surface area contributed by atoms with E-state index in [0.717, 1.165) is 13.1 Å². The van der Waals surface area contributed by atoms with E-state index in [2.05, 4.69) is 41.4 Å². The third-order valence-electron chi connectivity index (χ3n) is 4.67. The van der Waals surface area contributed by atoms with Gasteiger partial charge in [0.15, 0.2) is 0 Å². The number of nitrogens with one attached hydrogen (secondary N) is 1. The van der Waals surface area contributed by atoms with Gasteiger partial charge < -0.3 is 10.2 Å². The third kappa shape index (κ3) is 2.14. The summed E-state index contributed by atoms with van der Waals surface area (Å²) < 4.78 is 0. The summed E-state index contributed by atoms with van der Waals surface area (Å²) in [5.74, 6) is 0. The molecule has 2 heteroatoms. The van der Waals surface area contributed by atoms with E-state index in [1.807, 2.05) is 0 Å². The van der Waals surface area contributed by atoms with Crippen LogP contribution in [0.3, 0.4) is 0 Å². The van der Waals surface area contributed by atoms with Crippen molar-refractivity contribution in [3.8, 4) is 0 Å². The van der Waals surface area contributed by atoms with Crippen LogP contribution in [0.4, 0.5) is 5.69 Å². The van der Waals surface area contributed by atoms with Gasteiger partial charge in [-0.05, 0) is 31.4 Å². The van der Waals surface area contributed by atoms with Gasteiger partial charge in [-0.15, -0.1) is 0 Å². The molecule has 1 heterocycles. The number of rotatable bonds is 1. The van der Waals surface area contributed by atoms with Crippen LogP contribution in [0, 0.1) is 0 Å². The summed E-state index contributed by atoms with van der Waals surface area (Å²) in [6, 6.07) is 8.88. The van der Waals surface area contributed by atoms with E-state index in [1.54, 1.807) is 0 Å². The Hall–Kier alpha value is -1.02. The molecule has 0 saturated heterocycles. The molecule has 3 rings (SSSR count). The van der Waals surface area contributed by atoms with Crippen molar-refractivity contribution in [3.05, 3.63) is 29.8 Å². The Morgan fingerprint density at radius 2 is 1.94 bits per heavy atom. The molecular weight excluding hydrogens is 220 g/mol. The SMILES string of the molecule is CCN1CC2(CCCCC2)NCc2ccccc21. The van der Waals surface area contributed by atoms with E-state index >= 15 is 0 Å². The van der Waals surface area contributed by atoms with Gasteiger partial charge in [-0.3, -0.25) is 0 Å². The minimum absolute atomic E-state index is 0.368. The van der Waals surface area contributed by atoms with Crippen LogP contribution in [0.15, 0.2) is 24.3 Å². The molecular formula is C16H24N2. The number of hydrogen-bond donors (Lipinski definition) is 1. The van der Waals surface area contributed by atoms with E-state index in [4.69, 9.17) is 0 Å². The first-order chi connectivity index (χ1) is 8.83. The molecule has 1 saturated carbocycles. The Balaban J connectivity index is 1.90. The van der Waals surface area contributed by atoms with E-state index in [-0.39, 0.29) is 0 Å². The number of likely N-dealkylation sites (N-methyl/N-ethyl adjacent to an activating group) is 1. The molecule has 0 amide bonds. The molecule has 0 atom stereocenters. The van der Waals surface area contributed by atoms with Crippen molar-refractivity contribution in [1.29, 1.82) is 0 Å². The highest BCUT2D eigenvalue weighted by molar-refractivity contribution is 5.55.